The Morgan fingerprint density at radius 2 is 1.92 bits per heavy atom. The lowest BCUT2D eigenvalue weighted by atomic mass is 9.94. The van der Waals surface area contributed by atoms with Gasteiger partial charge in [0.15, 0.2) is 0 Å². The van der Waals surface area contributed by atoms with Gasteiger partial charge < -0.3 is 4.90 Å². The van der Waals surface area contributed by atoms with Crippen LogP contribution in [0.1, 0.15) is 34.2 Å². The van der Waals surface area contributed by atoms with Gasteiger partial charge in [0, 0.05) is 45.0 Å². The average molecular weight is 324 g/mol. The lowest BCUT2D eigenvalue weighted by molar-refractivity contribution is 0.0732. The second-order valence-electron chi connectivity index (χ2n) is 6.47. The molecular weight excluding hydrogens is 300 g/mol. The number of nitrogens with zero attached hydrogens (tertiary/aromatic N) is 4. The average Bonchev–Trinajstić information content (AvgIpc) is 2.61. The molecule has 0 saturated carbocycles. The molecule has 5 heteroatoms. The largest absolute Gasteiger partial charge is 0.340 e. The van der Waals surface area contributed by atoms with Gasteiger partial charge in [-0.25, -0.2) is 9.97 Å². The second kappa shape index (κ2) is 7.09. The highest BCUT2D eigenvalue weighted by Gasteiger charge is 2.26. The van der Waals surface area contributed by atoms with Crippen LogP contribution in [0.15, 0.2) is 36.7 Å². The van der Waals surface area contributed by atoms with Crippen LogP contribution in [0.25, 0.3) is 0 Å². The number of benzene rings is 1. The van der Waals surface area contributed by atoms with Crippen LogP contribution in [-0.4, -0.2) is 52.4 Å². The molecule has 0 bridgehead atoms. The molecule has 0 spiro atoms. The molecule has 126 valence electrons. The molecule has 1 amide bonds. The van der Waals surface area contributed by atoms with E-state index < -0.39 is 0 Å². The van der Waals surface area contributed by atoms with Gasteiger partial charge in [0.1, 0.15) is 5.82 Å². The van der Waals surface area contributed by atoms with Gasteiger partial charge in [0.2, 0.25) is 0 Å². The summed E-state index contributed by atoms with van der Waals surface area (Å²) in [7, 11) is 3.97. The fourth-order valence-corrected chi connectivity index (χ4v) is 3.19. The van der Waals surface area contributed by atoms with E-state index in [4.69, 9.17) is 0 Å². The molecule has 24 heavy (non-hydrogen) atoms. The number of hydrogen-bond acceptors (Lipinski definition) is 4. The van der Waals surface area contributed by atoms with E-state index in [9.17, 15) is 4.79 Å². The van der Waals surface area contributed by atoms with Crippen LogP contribution in [-0.2, 0) is 19.4 Å². The van der Waals surface area contributed by atoms with Gasteiger partial charge in [-0.1, -0.05) is 31.2 Å². The standard InChI is InChI=1S/C19H24N4O/c1-4-18-20-10-16(11-21-18)19(24)23(3)13-17-9-14-7-5-6-8-15(14)12-22(17)2/h5-8,10-11,17H,4,9,12-13H2,1-3H3. The summed E-state index contributed by atoms with van der Waals surface area (Å²) in [4.78, 5) is 25.1. The number of likely N-dealkylation sites (N-methyl/N-ethyl adjacent to an activating group) is 2. The highest BCUT2D eigenvalue weighted by molar-refractivity contribution is 5.93. The quantitative estimate of drug-likeness (QED) is 0.865. The second-order valence-corrected chi connectivity index (χ2v) is 6.47. The zero-order valence-corrected chi connectivity index (χ0v) is 14.6. The van der Waals surface area contributed by atoms with E-state index in [1.165, 1.54) is 11.1 Å². The van der Waals surface area contributed by atoms with Crippen LogP contribution in [0.3, 0.4) is 0 Å². The molecular formula is C19H24N4O. The van der Waals surface area contributed by atoms with Crippen molar-refractivity contribution in [3.63, 3.8) is 0 Å². The number of hydrogen-bond donors (Lipinski definition) is 0. The minimum atomic E-state index is -0.0232. The molecule has 1 unspecified atom stereocenters. The van der Waals surface area contributed by atoms with Crippen LogP contribution < -0.4 is 0 Å². The van der Waals surface area contributed by atoms with Crippen LogP contribution in [0.2, 0.25) is 0 Å². The third kappa shape index (κ3) is 3.46. The molecule has 1 atom stereocenters. The Balaban J connectivity index is 1.67. The first-order valence-electron chi connectivity index (χ1n) is 8.42. The van der Waals surface area contributed by atoms with Gasteiger partial charge in [-0.15, -0.1) is 0 Å². The SMILES string of the molecule is CCc1ncc(C(=O)N(C)CC2Cc3ccccc3CN2C)cn1. The van der Waals surface area contributed by atoms with Gasteiger partial charge in [0.05, 0.1) is 5.56 Å². The number of aromatic nitrogens is 2. The minimum Gasteiger partial charge on any atom is -0.340 e. The molecule has 0 fully saturated rings. The molecule has 1 aliphatic rings. The fraction of sp³-hybridized carbons (Fsp3) is 0.421. The van der Waals surface area contributed by atoms with E-state index in [0.717, 1.165) is 25.2 Å². The van der Waals surface area contributed by atoms with E-state index in [2.05, 4.69) is 46.2 Å². The summed E-state index contributed by atoms with van der Waals surface area (Å²) >= 11 is 0. The number of carbonyl (C=O) groups excluding carboxylic acids is 1. The Labute approximate surface area is 143 Å². The molecule has 2 aromatic rings. The number of carbonyl (C=O) groups is 1. The zero-order chi connectivity index (χ0) is 17.1. The topological polar surface area (TPSA) is 49.3 Å². The number of fused-ring (bicyclic) bond motifs is 1. The lowest BCUT2D eigenvalue weighted by Crippen LogP contribution is -2.46. The summed E-state index contributed by atoms with van der Waals surface area (Å²) in [5.41, 5.74) is 3.32. The summed E-state index contributed by atoms with van der Waals surface area (Å²) in [6.45, 7) is 3.62. The third-order valence-corrected chi connectivity index (χ3v) is 4.72. The summed E-state index contributed by atoms with van der Waals surface area (Å²) in [5, 5.41) is 0. The van der Waals surface area contributed by atoms with Gasteiger partial charge in [-0.05, 0) is 24.6 Å². The van der Waals surface area contributed by atoms with Crippen LogP contribution >= 0.6 is 0 Å². The molecule has 0 saturated heterocycles. The van der Waals surface area contributed by atoms with Crippen molar-refractivity contribution in [3.8, 4) is 0 Å². The van der Waals surface area contributed by atoms with Crippen molar-refractivity contribution < 1.29 is 4.79 Å². The number of aryl methyl sites for hydroxylation is 1. The van der Waals surface area contributed by atoms with Crippen LogP contribution in [0.5, 0.6) is 0 Å². The Hall–Kier alpha value is -2.27. The number of rotatable bonds is 4. The normalized spacial score (nSPS) is 17.4. The van der Waals surface area contributed by atoms with Crippen molar-refractivity contribution in [2.24, 2.45) is 0 Å². The molecule has 1 aliphatic heterocycles. The Kier molecular flexibility index (Phi) is 4.90. The predicted octanol–water partition coefficient (Wildman–Crippen LogP) is 2.17. The monoisotopic (exact) mass is 324 g/mol. The molecule has 3 rings (SSSR count). The van der Waals surface area contributed by atoms with Crippen molar-refractivity contribution in [2.75, 3.05) is 20.6 Å². The summed E-state index contributed by atoms with van der Waals surface area (Å²) in [6.07, 6.45) is 5.00. The van der Waals surface area contributed by atoms with Gasteiger partial charge in [-0.2, -0.15) is 0 Å². The minimum absolute atomic E-state index is 0.0232. The van der Waals surface area contributed by atoms with E-state index in [1.54, 1.807) is 17.3 Å². The molecule has 1 aromatic carbocycles. The summed E-state index contributed by atoms with van der Waals surface area (Å²) in [6, 6.07) is 8.87. The predicted molar refractivity (Wildman–Crippen MR) is 93.8 cm³/mol. The van der Waals surface area contributed by atoms with E-state index in [-0.39, 0.29) is 5.91 Å². The van der Waals surface area contributed by atoms with Crippen LogP contribution in [0.4, 0.5) is 0 Å². The Morgan fingerprint density at radius 1 is 1.25 bits per heavy atom. The maximum Gasteiger partial charge on any atom is 0.256 e. The molecule has 5 nitrogen and oxygen atoms in total. The fourth-order valence-electron chi connectivity index (χ4n) is 3.19. The van der Waals surface area contributed by atoms with Gasteiger partial charge in [0.25, 0.3) is 5.91 Å². The van der Waals surface area contributed by atoms with Crippen molar-refractivity contribution in [1.82, 2.24) is 19.8 Å². The molecule has 2 heterocycles. The highest BCUT2D eigenvalue weighted by atomic mass is 16.2. The van der Waals surface area contributed by atoms with Gasteiger partial charge >= 0.3 is 0 Å². The summed E-state index contributed by atoms with van der Waals surface area (Å²) < 4.78 is 0. The smallest absolute Gasteiger partial charge is 0.256 e. The first-order valence-corrected chi connectivity index (χ1v) is 8.42. The van der Waals surface area contributed by atoms with Gasteiger partial charge in [-0.3, -0.25) is 9.69 Å². The maximum atomic E-state index is 12.6. The Morgan fingerprint density at radius 3 is 2.58 bits per heavy atom. The van der Waals surface area contributed by atoms with Crippen molar-refractivity contribution in [1.29, 1.82) is 0 Å². The van der Waals surface area contributed by atoms with E-state index in [1.807, 2.05) is 14.0 Å². The molecule has 0 radical (unpaired) electrons. The lowest BCUT2D eigenvalue weighted by Gasteiger charge is -2.36. The molecule has 0 aliphatic carbocycles. The zero-order valence-electron chi connectivity index (χ0n) is 14.6. The first-order chi connectivity index (χ1) is 11.6. The van der Waals surface area contributed by atoms with Crippen molar-refractivity contribution >= 4 is 5.91 Å². The third-order valence-electron chi connectivity index (χ3n) is 4.72. The first kappa shape index (κ1) is 16.6. The van der Waals surface area contributed by atoms with E-state index in [0.29, 0.717) is 18.2 Å². The van der Waals surface area contributed by atoms with E-state index >= 15 is 0 Å². The summed E-state index contributed by atoms with van der Waals surface area (Å²) in [5.74, 6) is 0.739. The Bertz CT molecular complexity index is 714. The molecule has 1 aromatic heterocycles. The van der Waals surface area contributed by atoms with Crippen molar-refractivity contribution in [3.05, 3.63) is 59.2 Å². The maximum absolute atomic E-state index is 12.6. The highest BCUT2D eigenvalue weighted by Crippen LogP contribution is 2.22. The number of amides is 1. The molecule has 0 N–H and O–H groups in total. The van der Waals surface area contributed by atoms with Crippen LogP contribution in [0, 0.1) is 0 Å². The van der Waals surface area contributed by atoms with Crippen molar-refractivity contribution in [2.45, 2.75) is 32.4 Å².